The van der Waals surface area contributed by atoms with Crippen LogP contribution in [0, 0.1) is 0 Å². The van der Waals surface area contributed by atoms with Crippen LogP contribution in [0.5, 0.6) is 11.5 Å². The summed E-state index contributed by atoms with van der Waals surface area (Å²) in [6.07, 6.45) is 0.385. The first-order chi connectivity index (χ1) is 8.15. The van der Waals surface area contributed by atoms with Gasteiger partial charge in [0, 0.05) is 24.7 Å². The second-order valence-corrected chi connectivity index (χ2v) is 4.46. The molecular weight excluding hydrogens is 242 g/mol. The summed E-state index contributed by atoms with van der Waals surface area (Å²) >= 11 is 5.97. The number of rotatable bonds is 3. The molecule has 1 saturated heterocycles. The molecule has 1 atom stereocenters. The van der Waals surface area contributed by atoms with Gasteiger partial charge in [-0.15, -0.1) is 11.6 Å². The van der Waals surface area contributed by atoms with Crippen LogP contribution in [0.25, 0.3) is 0 Å². The van der Waals surface area contributed by atoms with Gasteiger partial charge in [0.2, 0.25) is 5.91 Å². The zero-order valence-corrected chi connectivity index (χ0v) is 10.5. The van der Waals surface area contributed by atoms with Gasteiger partial charge >= 0.3 is 0 Å². The molecule has 92 valence electrons. The van der Waals surface area contributed by atoms with Crippen molar-refractivity contribution in [3.8, 4) is 11.5 Å². The number of anilines is 1. The minimum atomic E-state index is -0.115. The van der Waals surface area contributed by atoms with Gasteiger partial charge in [-0.3, -0.25) is 4.79 Å². The van der Waals surface area contributed by atoms with Crippen molar-refractivity contribution in [3.63, 3.8) is 0 Å². The van der Waals surface area contributed by atoms with Gasteiger partial charge in [0.25, 0.3) is 0 Å². The van der Waals surface area contributed by atoms with Crippen LogP contribution >= 0.6 is 11.6 Å². The lowest BCUT2D eigenvalue weighted by molar-refractivity contribution is -0.117. The van der Waals surface area contributed by atoms with Gasteiger partial charge in [-0.25, -0.2) is 0 Å². The second kappa shape index (κ2) is 4.84. The first-order valence-electron chi connectivity index (χ1n) is 5.32. The average molecular weight is 256 g/mol. The molecule has 0 aromatic heterocycles. The molecule has 1 unspecified atom stereocenters. The zero-order chi connectivity index (χ0) is 12.4. The minimum absolute atomic E-state index is 0.0391. The molecule has 0 aliphatic carbocycles. The highest BCUT2D eigenvalue weighted by atomic mass is 35.5. The maximum Gasteiger partial charge on any atom is 0.228 e. The highest BCUT2D eigenvalue weighted by Crippen LogP contribution is 2.33. The Kier molecular flexibility index (Phi) is 3.43. The normalized spacial score (nSPS) is 19.6. The molecule has 0 radical (unpaired) electrons. The van der Waals surface area contributed by atoms with Crippen LogP contribution in [0.2, 0.25) is 0 Å². The predicted octanol–water partition coefficient (Wildman–Crippen LogP) is 2.05. The van der Waals surface area contributed by atoms with E-state index in [-0.39, 0.29) is 11.3 Å². The Hall–Kier alpha value is -1.42. The van der Waals surface area contributed by atoms with E-state index in [2.05, 4.69) is 0 Å². The molecule has 2 rings (SSSR count). The largest absolute Gasteiger partial charge is 0.493 e. The summed E-state index contributed by atoms with van der Waals surface area (Å²) < 4.78 is 10.3. The molecule has 0 saturated carbocycles. The predicted molar refractivity (Wildman–Crippen MR) is 66.2 cm³/mol. The Morgan fingerprint density at radius 3 is 2.53 bits per heavy atom. The molecule has 0 bridgehead atoms. The molecule has 0 N–H and O–H groups in total. The molecule has 1 aromatic carbocycles. The number of alkyl halides is 1. The number of methoxy groups -OCH3 is 2. The van der Waals surface area contributed by atoms with E-state index in [1.807, 2.05) is 6.07 Å². The lowest BCUT2D eigenvalue weighted by Gasteiger charge is -2.17. The molecule has 5 heteroatoms. The fraction of sp³-hybridized carbons (Fsp3) is 0.417. The van der Waals surface area contributed by atoms with Crippen LogP contribution in [-0.4, -0.2) is 32.0 Å². The first kappa shape index (κ1) is 12.0. The molecule has 4 nitrogen and oxygen atoms in total. The van der Waals surface area contributed by atoms with Crippen LogP contribution < -0.4 is 14.4 Å². The lowest BCUT2D eigenvalue weighted by Crippen LogP contribution is -2.24. The van der Waals surface area contributed by atoms with Crippen molar-refractivity contribution in [2.45, 2.75) is 11.8 Å². The Morgan fingerprint density at radius 1 is 1.29 bits per heavy atom. The van der Waals surface area contributed by atoms with Crippen LogP contribution in [-0.2, 0) is 4.79 Å². The Balaban J connectivity index is 2.30. The molecule has 1 amide bonds. The van der Waals surface area contributed by atoms with E-state index >= 15 is 0 Å². The number of amides is 1. The maximum absolute atomic E-state index is 11.7. The van der Waals surface area contributed by atoms with Crippen molar-refractivity contribution in [2.24, 2.45) is 0 Å². The van der Waals surface area contributed by atoms with Crippen LogP contribution in [0.3, 0.4) is 0 Å². The summed E-state index contributed by atoms with van der Waals surface area (Å²) in [6, 6.07) is 5.39. The highest BCUT2D eigenvalue weighted by molar-refractivity contribution is 6.24. The van der Waals surface area contributed by atoms with Gasteiger partial charge in [-0.2, -0.15) is 0 Å². The molecular formula is C12H14ClNO3. The fourth-order valence-corrected chi connectivity index (χ4v) is 2.18. The third-order valence-electron chi connectivity index (χ3n) is 2.76. The Bertz CT molecular complexity index is 436. The van der Waals surface area contributed by atoms with Crippen molar-refractivity contribution < 1.29 is 14.3 Å². The molecule has 1 fully saturated rings. The van der Waals surface area contributed by atoms with Gasteiger partial charge in [0.15, 0.2) is 11.5 Å². The number of halogens is 1. The lowest BCUT2D eigenvalue weighted by atomic mass is 10.2. The van der Waals surface area contributed by atoms with E-state index in [9.17, 15) is 4.79 Å². The SMILES string of the molecule is COc1ccc(N2CC(Cl)CC2=O)cc1OC. The molecule has 1 heterocycles. The van der Waals surface area contributed by atoms with Gasteiger partial charge in [-0.05, 0) is 12.1 Å². The summed E-state index contributed by atoms with van der Waals surface area (Å²) in [5.74, 6) is 1.29. The smallest absolute Gasteiger partial charge is 0.228 e. The van der Waals surface area contributed by atoms with Crippen molar-refractivity contribution in [1.82, 2.24) is 0 Å². The van der Waals surface area contributed by atoms with Crippen LogP contribution in [0.15, 0.2) is 18.2 Å². The number of hydrogen-bond acceptors (Lipinski definition) is 3. The van der Waals surface area contributed by atoms with Gasteiger partial charge < -0.3 is 14.4 Å². The third kappa shape index (κ3) is 2.31. The fourth-order valence-electron chi connectivity index (χ4n) is 1.91. The molecule has 1 aliphatic rings. The number of ether oxygens (including phenoxy) is 2. The summed E-state index contributed by atoms with van der Waals surface area (Å²) in [4.78, 5) is 13.4. The topological polar surface area (TPSA) is 38.8 Å². The van der Waals surface area contributed by atoms with Gasteiger partial charge in [0.05, 0.1) is 19.6 Å². The van der Waals surface area contributed by atoms with Crippen molar-refractivity contribution in [1.29, 1.82) is 0 Å². The van der Waals surface area contributed by atoms with E-state index in [1.54, 1.807) is 31.3 Å². The summed E-state index contributed by atoms with van der Waals surface area (Å²) in [6.45, 7) is 0.538. The second-order valence-electron chi connectivity index (χ2n) is 3.85. The van der Waals surface area contributed by atoms with Crippen molar-refractivity contribution in [3.05, 3.63) is 18.2 Å². The van der Waals surface area contributed by atoms with Gasteiger partial charge in [0.1, 0.15) is 0 Å². The number of nitrogens with zero attached hydrogens (tertiary/aromatic N) is 1. The highest BCUT2D eigenvalue weighted by Gasteiger charge is 2.29. The van der Waals surface area contributed by atoms with E-state index in [1.165, 1.54) is 0 Å². The van der Waals surface area contributed by atoms with Crippen LogP contribution in [0.1, 0.15) is 6.42 Å². The van der Waals surface area contributed by atoms with Crippen molar-refractivity contribution >= 4 is 23.2 Å². The quantitative estimate of drug-likeness (QED) is 0.776. The third-order valence-corrected chi connectivity index (χ3v) is 3.05. The zero-order valence-electron chi connectivity index (χ0n) is 9.77. The molecule has 1 aromatic rings. The summed E-state index contributed by atoms with van der Waals surface area (Å²) in [5.41, 5.74) is 0.788. The standard InChI is InChI=1S/C12H14ClNO3/c1-16-10-4-3-9(6-11(10)17-2)14-7-8(13)5-12(14)15/h3-4,6,8H,5,7H2,1-2H3. The van der Waals surface area contributed by atoms with E-state index in [4.69, 9.17) is 21.1 Å². The van der Waals surface area contributed by atoms with E-state index < -0.39 is 0 Å². The first-order valence-corrected chi connectivity index (χ1v) is 5.76. The number of hydrogen-bond donors (Lipinski definition) is 0. The Morgan fingerprint density at radius 2 is 2.00 bits per heavy atom. The molecule has 1 aliphatic heterocycles. The summed E-state index contributed by atoms with van der Waals surface area (Å²) in [5, 5.41) is -0.115. The van der Waals surface area contributed by atoms with Gasteiger partial charge in [-0.1, -0.05) is 0 Å². The number of carbonyl (C=O) groups excluding carboxylic acids is 1. The van der Waals surface area contributed by atoms with Crippen LogP contribution in [0.4, 0.5) is 5.69 Å². The molecule has 17 heavy (non-hydrogen) atoms. The summed E-state index contributed by atoms with van der Waals surface area (Å²) in [7, 11) is 3.14. The van der Waals surface area contributed by atoms with Crippen molar-refractivity contribution in [2.75, 3.05) is 25.7 Å². The monoisotopic (exact) mass is 255 g/mol. The van der Waals surface area contributed by atoms with E-state index in [0.717, 1.165) is 5.69 Å². The maximum atomic E-state index is 11.7. The average Bonchev–Trinajstić information content (AvgIpc) is 2.67. The van der Waals surface area contributed by atoms with E-state index in [0.29, 0.717) is 24.5 Å². The number of carbonyl (C=O) groups is 1. The Labute approximate surface area is 105 Å². The minimum Gasteiger partial charge on any atom is -0.493 e. The number of benzene rings is 1. The molecule has 0 spiro atoms.